The molecule has 1 heterocycles. The van der Waals surface area contributed by atoms with Gasteiger partial charge in [0.25, 0.3) is 11.1 Å². The zero-order chi connectivity index (χ0) is 47.0. The van der Waals surface area contributed by atoms with Crippen LogP contribution in [0.25, 0.3) is 0 Å². The number of anilines is 1. The lowest BCUT2D eigenvalue weighted by Crippen LogP contribution is -2.37. The maximum atomic E-state index is 12.9. The van der Waals surface area contributed by atoms with Gasteiger partial charge in [0.1, 0.15) is 22.9 Å². The summed E-state index contributed by atoms with van der Waals surface area (Å²) in [5.41, 5.74) is -0.544. The van der Waals surface area contributed by atoms with Gasteiger partial charge >= 0.3 is 11.9 Å². The molecule has 1 unspecified atom stereocenters. The number of nitrogens with zero attached hydrogens (tertiary/aromatic N) is 3. The molecule has 1 aromatic rings. The molecule has 11 heteroatoms. The minimum absolute atomic E-state index is 0.0133. The highest BCUT2D eigenvalue weighted by atomic mass is 35.5. The van der Waals surface area contributed by atoms with E-state index in [9.17, 15) is 19.2 Å². The quantitative estimate of drug-likeness (QED) is 0.0508. The zero-order valence-electron chi connectivity index (χ0n) is 42.4. The zero-order valence-corrected chi connectivity index (χ0v) is 43.2. The number of halogens is 1. The van der Waals surface area contributed by atoms with Crippen LogP contribution in [-0.4, -0.2) is 64.6 Å². The van der Waals surface area contributed by atoms with Crippen molar-refractivity contribution in [3.63, 3.8) is 0 Å². The second-order valence-corrected chi connectivity index (χ2v) is 19.2. The minimum Gasteiger partial charge on any atom is -0.462 e. The molecule has 1 atom stereocenters. The van der Waals surface area contributed by atoms with Crippen molar-refractivity contribution in [3.05, 3.63) is 25.7 Å². The first-order valence-corrected chi connectivity index (χ1v) is 27.3. The van der Waals surface area contributed by atoms with Crippen LogP contribution < -0.4 is 16.4 Å². The minimum atomic E-state index is -0.397. The van der Waals surface area contributed by atoms with Gasteiger partial charge in [-0.3, -0.25) is 19.2 Å². The van der Waals surface area contributed by atoms with E-state index in [1.807, 2.05) is 0 Å². The van der Waals surface area contributed by atoms with Gasteiger partial charge in [-0.05, 0) is 96.7 Å². The van der Waals surface area contributed by atoms with Crippen LogP contribution in [0.1, 0.15) is 252 Å². The van der Waals surface area contributed by atoms with Crippen LogP contribution in [0.5, 0.6) is 0 Å². The van der Waals surface area contributed by atoms with Crippen molar-refractivity contribution in [1.29, 1.82) is 0 Å². The Kier molecular flexibility index (Phi) is 38.1. The number of ether oxygens (including phenoxy) is 2. The van der Waals surface area contributed by atoms with Crippen LogP contribution in [0.4, 0.5) is 5.69 Å². The van der Waals surface area contributed by atoms with Crippen LogP contribution in [-0.2, 0) is 33.2 Å². The summed E-state index contributed by atoms with van der Waals surface area (Å²) in [5, 5.41) is 3.08. The molecule has 0 fully saturated rings. The predicted octanol–water partition coefficient (Wildman–Crippen LogP) is 14.0. The fourth-order valence-electron chi connectivity index (χ4n) is 8.61. The first kappa shape index (κ1) is 59.7. The maximum Gasteiger partial charge on any atom is 0.306 e. The molecule has 1 rings (SSSR count). The van der Waals surface area contributed by atoms with Gasteiger partial charge in [-0.25, -0.2) is 9.36 Å². The SMILES string of the molecule is CCCCCCCCC(CC)OC(=O)CCCCCCCN(CCCCCCCC(=O)OC(CCCCCCCC)CCCCCCCC)CCCNc1c(Cl)c(=O)n(C)n(C)c1=O. The molecule has 10 nitrogen and oxygen atoms in total. The van der Waals surface area contributed by atoms with Crippen molar-refractivity contribution in [2.75, 3.05) is 31.5 Å². The lowest BCUT2D eigenvalue weighted by molar-refractivity contribution is -0.150. The molecular weight excluding hydrogens is 824 g/mol. The van der Waals surface area contributed by atoms with Gasteiger partial charge in [-0.2, -0.15) is 0 Å². The summed E-state index contributed by atoms with van der Waals surface area (Å²) >= 11 is 6.28. The number of carbonyl (C=O) groups is 2. The standard InChI is InChI=1S/C53H99ClN4O6/c1-7-11-14-17-22-29-37-46(10-4)63-48(59)40-32-25-20-27-34-43-58(45-36-42-55-51-50(54)52(61)56(5)57(6)53(51)62)44-35-28-21-26-33-41-49(60)64-47(38-30-23-18-15-12-8-2)39-31-24-19-16-13-9-3/h46-47,55H,7-45H2,1-6H3. The number of aromatic nitrogens is 2. The van der Waals surface area contributed by atoms with Gasteiger partial charge < -0.3 is 19.7 Å². The molecule has 0 radical (unpaired) electrons. The molecule has 0 spiro atoms. The summed E-state index contributed by atoms with van der Waals surface area (Å²) in [4.78, 5) is 53.2. The molecular formula is C53H99ClN4O6. The average Bonchev–Trinajstić information content (AvgIpc) is 3.29. The predicted molar refractivity (Wildman–Crippen MR) is 271 cm³/mol. The van der Waals surface area contributed by atoms with E-state index in [-0.39, 0.29) is 40.4 Å². The Morgan fingerprint density at radius 3 is 1.31 bits per heavy atom. The monoisotopic (exact) mass is 923 g/mol. The van der Waals surface area contributed by atoms with Gasteiger partial charge in [0.05, 0.1) is 0 Å². The number of nitrogens with one attached hydrogen (secondary N) is 1. The van der Waals surface area contributed by atoms with E-state index in [1.54, 1.807) is 7.05 Å². The second kappa shape index (κ2) is 40.9. The first-order valence-electron chi connectivity index (χ1n) is 26.9. The highest BCUT2D eigenvalue weighted by molar-refractivity contribution is 6.32. The highest BCUT2D eigenvalue weighted by Crippen LogP contribution is 2.19. The maximum absolute atomic E-state index is 12.9. The number of rotatable bonds is 45. The van der Waals surface area contributed by atoms with Gasteiger partial charge in [0.2, 0.25) is 0 Å². The average molecular weight is 924 g/mol. The Hall–Kier alpha value is -2.33. The highest BCUT2D eigenvalue weighted by Gasteiger charge is 2.17. The van der Waals surface area contributed by atoms with Crippen molar-refractivity contribution in [3.8, 4) is 0 Å². The van der Waals surface area contributed by atoms with Crippen molar-refractivity contribution >= 4 is 29.2 Å². The van der Waals surface area contributed by atoms with E-state index in [0.717, 1.165) is 135 Å². The third kappa shape index (κ3) is 30.1. The van der Waals surface area contributed by atoms with Gasteiger partial charge in [-0.1, -0.05) is 174 Å². The molecule has 0 aliphatic rings. The molecule has 1 N–H and O–H groups in total. The third-order valence-corrected chi connectivity index (χ3v) is 13.4. The Morgan fingerprint density at radius 2 is 0.859 bits per heavy atom. The molecule has 0 amide bonds. The van der Waals surface area contributed by atoms with Crippen LogP contribution in [0.3, 0.4) is 0 Å². The summed E-state index contributed by atoms with van der Waals surface area (Å²) in [7, 11) is 3.10. The lowest BCUT2D eigenvalue weighted by atomic mass is 10.0. The number of hydrogen-bond acceptors (Lipinski definition) is 8. The summed E-state index contributed by atoms with van der Waals surface area (Å²) in [6, 6.07) is 0. The molecule has 64 heavy (non-hydrogen) atoms. The third-order valence-electron chi connectivity index (χ3n) is 13.0. The van der Waals surface area contributed by atoms with Gasteiger partial charge in [0.15, 0.2) is 0 Å². The smallest absolute Gasteiger partial charge is 0.306 e. The van der Waals surface area contributed by atoms with Crippen LogP contribution in [0.15, 0.2) is 9.59 Å². The Labute approximate surface area is 397 Å². The van der Waals surface area contributed by atoms with Crippen molar-refractivity contribution in [2.45, 2.75) is 265 Å². The lowest BCUT2D eigenvalue weighted by Gasteiger charge is -2.23. The number of hydrogen-bond donors (Lipinski definition) is 1. The Bertz CT molecular complexity index is 1400. The Balaban J connectivity index is 2.52. The summed E-state index contributed by atoms with van der Waals surface area (Å²) in [5.74, 6) is -0.0561. The number of esters is 2. The number of carbonyl (C=O) groups excluding carboxylic acids is 2. The van der Waals surface area contributed by atoms with E-state index in [1.165, 1.54) is 113 Å². The van der Waals surface area contributed by atoms with Gasteiger partial charge in [-0.15, -0.1) is 0 Å². The van der Waals surface area contributed by atoms with Crippen molar-refractivity contribution < 1.29 is 19.1 Å². The number of unbranched alkanes of at least 4 members (excludes halogenated alkanes) is 23. The molecule has 0 saturated heterocycles. The summed E-state index contributed by atoms with van der Waals surface area (Å²) < 4.78 is 14.4. The van der Waals surface area contributed by atoms with Crippen LogP contribution >= 0.6 is 11.6 Å². The fraction of sp³-hybridized carbons (Fsp3) is 0.887. The summed E-state index contributed by atoms with van der Waals surface area (Å²) in [6.07, 6.45) is 39.0. The summed E-state index contributed by atoms with van der Waals surface area (Å²) in [6.45, 7) is 12.3. The van der Waals surface area contributed by atoms with E-state index < -0.39 is 5.56 Å². The first-order chi connectivity index (χ1) is 31.1. The van der Waals surface area contributed by atoms with E-state index in [2.05, 4.69) is 37.9 Å². The van der Waals surface area contributed by atoms with Crippen molar-refractivity contribution in [2.24, 2.45) is 14.1 Å². The van der Waals surface area contributed by atoms with Gasteiger partial charge in [0, 0.05) is 33.5 Å². The molecule has 0 saturated carbocycles. The molecule has 1 aromatic heterocycles. The molecule has 0 bridgehead atoms. The fourth-order valence-corrected chi connectivity index (χ4v) is 8.88. The van der Waals surface area contributed by atoms with Crippen molar-refractivity contribution in [1.82, 2.24) is 14.3 Å². The second-order valence-electron chi connectivity index (χ2n) is 18.8. The Morgan fingerprint density at radius 1 is 0.500 bits per heavy atom. The molecule has 374 valence electrons. The normalized spacial score (nSPS) is 12.1. The molecule has 0 aliphatic carbocycles. The van der Waals surface area contributed by atoms with E-state index in [4.69, 9.17) is 21.1 Å². The topological polar surface area (TPSA) is 112 Å². The van der Waals surface area contributed by atoms with Crippen LogP contribution in [0.2, 0.25) is 5.02 Å². The largest absolute Gasteiger partial charge is 0.462 e. The van der Waals surface area contributed by atoms with Crippen LogP contribution in [0, 0.1) is 0 Å². The van der Waals surface area contributed by atoms with E-state index >= 15 is 0 Å². The van der Waals surface area contributed by atoms with E-state index in [0.29, 0.717) is 19.4 Å². The molecule has 0 aliphatic heterocycles. The molecule has 0 aromatic carbocycles.